The summed E-state index contributed by atoms with van der Waals surface area (Å²) in [5.41, 5.74) is 2.08. The molecule has 3 aliphatic rings. The Kier molecular flexibility index (Phi) is 6.00. The number of carbonyl (C=O) groups is 3. The van der Waals surface area contributed by atoms with E-state index in [1.807, 2.05) is 0 Å². The fraction of sp³-hybridized carbons (Fsp3) is 0.296. The van der Waals surface area contributed by atoms with Gasteiger partial charge in [-0.05, 0) is 42.7 Å². The van der Waals surface area contributed by atoms with Gasteiger partial charge in [0.15, 0.2) is 23.1 Å². The lowest BCUT2D eigenvalue weighted by Crippen LogP contribution is -2.30. The molecule has 0 aromatic heterocycles. The molecule has 0 unspecified atom stereocenters. The summed E-state index contributed by atoms with van der Waals surface area (Å²) < 4.78 is 17.2. The number of allylic oxidation sites excluding steroid dienone is 4. The molecular weight excluding hydrogens is 456 g/mol. The Labute approximate surface area is 202 Å². The normalized spacial score (nSPS) is 18.3. The average Bonchev–Trinajstić information content (AvgIpc) is 2.83. The minimum atomic E-state index is -0.609. The molecule has 0 saturated carbocycles. The molecule has 7 heteroatoms. The standard InChI is InChI=1S/C27H23ClO6/c1-32-23-14-15(12-13-20(23)34-27(31)16-6-2-3-7-17(16)28)24-25-18(29)8-4-10-21(25)33-22-11-5-9-19(30)26(22)24/h2-3,6-7,12-14,24H,4-5,8-11H2,1H3. The van der Waals surface area contributed by atoms with E-state index in [1.165, 1.54) is 7.11 Å². The fourth-order valence-corrected chi connectivity index (χ4v) is 5.09. The van der Waals surface area contributed by atoms with Crippen LogP contribution >= 0.6 is 11.6 Å². The van der Waals surface area contributed by atoms with E-state index in [-0.39, 0.29) is 27.9 Å². The highest BCUT2D eigenvalue weighted by molar-refractivity contribution is 6.33. The largest absolute Gasteiger partial charge is 0.493 e. The quantitative estimate of drug-likeness (QED) is 0.414. The molecule has 0 saturated heterocycles. The molecule has 2 aliphatic carbocycles. The van der Waals surface area contributed by atoms with Crippen molar-refractivity contribution in [2.45, 2.75) is 44.4 Å². The van der Waals surface area contributed by atoms with Crippen LogP contribution < -0.4 is 9.47 Å². The molecule has 0 radical (unpaired) electrons. The number of carbonyl (C=O) groups excluding carboxylic acids is 3. The first-order valence-electron chi connectivity index (χ1n) is 11.3. The van der Waals surface area contributed by atoms with Crippen LogP contribution in [0.1, 0.15) is 60.4 Å². The van der Waals surface area contributed by atoms with E-state index in [9.17, 15) is 14.4 Å². The minimum Gasteiger partial charge on any atom is -0.493 e. The highest BCUT2D eigenvalue weighted by Gasteiger charge is 2.42. The average molecular weight is 479 g/mol. The van der Waals surface area contributed by atoms with Crippen molar-refractivity contribution in [1.82, 2.24) is 0 Å². The summed E-state index contributed by atoms with van der Waals surface area (Å²) >= 11 is 6.12. The number of Topliss-reactive ketones (excluding diaryl/α,β-unsaturated/α-hetero) is 2. The van der Waals surface area contributed by atoms with Gasteiger partial charge in [-0.15, -0.1) is 0 Å². The van der Waals surface area contributed by atoms with Crippen LogP contribution in [0.4, 0.5) is 0 Å². The number of ether oxygens (including phenoxy) is 3. The van der Waals surface area contributed by atoms with Crippen LogP contribution in [-0.2, 0) is 14.3 Å². The monoisotopic (exact) mass is 478 g/mol. The van der Waals surface area contributed by atoms with Crippen LogP contribution in [0.5, 0.6) is 11.5 Å². The van der Waals surface area contributed by atoms with Gasteiger partial charge in [0.2, 0.25) is 0 Å². The first-order valence-corrected chi connectivity index (χ1v) is 11.7. The van der Waals surface area contributed by atoms with E-state index in [0.717, 1.165) is 18.4 Å². The lowest BCUT2D eigenvalue weighted by atomic mass is 9.73. The Balaban J connectivity index is 1.55. The van der Waals surface area contributed by atoms with Crippen molar-refractivity contribution in [2.24, 2.45) is 0 Å². The Morgan fingerprint density at radius 3 is 2.18 bits per heavy atom. The molecule has 0 spiro atoms. The predicted octanol–water partition coefficient (Wildman–Crippen LogP) is 5.70. The number of esters is 1. The summed E-state index contributed by atoms with van der Waals surface area (Å²) in [6.07, 6.45) is 3.68. The Hall–Kier alpha value is -3.38. The van der Waals surface area contributed by atoms with Gasteiger partial charge in [0, 0.05) is 42.7 Å². The molecule has 0 atom stereocenters. The van der Waals surface area contributed by atoms with Crippen molar-refractivity contribution >= 4 is 29.1 Å². The van der Waals surface area contributed by atoms with E-state index in [0.29, 0.717) is 54.1 Å². The molecule has 2 aromatic rings. The number of ketones is 2. The minimum absolute atomic E-state index is 0.00404. The van der Waals surface area contributed by atoms with Crippen LogP contribution in [0.2, 0.25) is 5.02 Å². The van der Waals surface area contributed by atoms with Crippen molar-refractivity contribution in [2.75, 3.05) is 7.11 Å². The van der Waals surface area contributed by atoms with Gasteiger partial charge in [-0.2, -0.15) is 0 Å². The van der Waals surface area contributed by atoms with Crippen molar-refractivity contribution < 1.29 is 28.6 Å². The number of hydrogen-bond acceptors (Lipinski definition) is 6. The molecule has 0 bridgehead atoms. The number of benzene rings is 2. The number of methoxy groups -OCH3 is 1. The van der Waals surface area contributed by atoms with Gasteiger partial charge in [-0.3, -0.25) is 9.59 Å². The van der Waals surface area contributed by atoms with E-state index < -0.39 is 11.9 Å². The van der Waals surface area contributed by atoms with Gasteiger partial charge < -0.3 is 14.2 Å². The van der Waals surface area contributed by atoms with Crippen LogP contribution in [0, 0.1) is 0 Å². The van der Waals surface area contributed by atoms with Gasteiger partial charge in [0.25, 0.3) is 0 Å². The Bertz CT molecular complexity index is 1230. The van der Waals surface area contributed by atoms with Crippen molar-refractivity contribution in [3.05, 3.63) is 81.3 Å². The van der Waals surface area contributed by atoms with Crippen LogP contribution in [0.3, 0.4) is 0 Å². The summed E-state index contributed by atoms with van der Waals surface area (Å²) in [5.74, 6) is 0.764. The topological polar surface area (TPSA) is 78.9 Å². The predicted molar refractivity (Wildman–Crippen MR) is 125 cm³/mol. The molecule has 0 fully saturated rings. The van der Waals surface area contributed by atoms with Crippen molar-refractivity contribution in [3.8, 4) is 11.5 Å². The van der Waals surface area contributed by atoms with Gasteiger partial charge in [0.05, 0.1) is 17.7 Å². The second-order valence-corrected chi connectivity index (χ2v) is 8.95. The van der Waals surface area contributed by atoms with E-state index in [4.69, 9.17) is 25.8 Å². The maximum absolute atomic E-state index is 13.0. The van der Waals surface area contributed by atoms with Crippen molar-refractivity contribution in [1.29, 1.82) is 0 Å². The molecule has 2 aromatic carbocycles. The fourth-order valence-electron chi connectivity index (χ4n) is 4.88. The SMILES string of the molecule is COc1cc(C2C3=C(CCCC3=O)OC3=C2C(=O)CCC3)ccc1OC(=O)c1ccccc1Cl. The van der Waals surface area contributed by atoms with Crippen LogP contribution in [0.15, 0.2) is 65.1 Å². The molecular formula is C27H23ClO6. The number of halogens is 1. The Morgan fingerprint density at radius 2 is 1.56 bits per heavy atom. The zero-order valence-corrected chi connectivity index (χ0v) is 19.4. The maximum atomic E-state index is 13.0. The third-order valence-corrected chi connectivity index (χ3v) is 6.79. The highest BCUT2D eigenvalue weighted by atomic mass is 35.5. The molecule has 1 heterocycles. The van der Waals surface area contributed by atoms with Gasteiger partial charge in [-0.25, -0.2) is 4.79 Å². The molecule has 0 N–H and O–H groups in total. The maximum Gasteiger partial charge on any atom is 0.345 e. The number of hydrogen-bond donors (Lipinski definition) is 0. The van der Waals surface area contributed by atoms with E-state index >= 15 is 0 Å². The van der Waals surface area contributed by atoms with Crippen LogP contribution in [0.25, 0.3) is 0 Å². The third kappa shape index (κ3) is 3.92. The summed E-state index contributed by atoms with van der Waals surface area (Å²) in [6.45, 7) is 0. The van der Waals surface area contributed by atoms with Crippen LogP contribution in [-0.4, -0.2) is 24.6 Å². The third-order valence-electron chi connectivity index (χ3n) is 6.46. The molecule has 34 heavy (non-hydrogen) atoms. The van der Waals surface area contributed by atoms with Gasteiger partial charge >= 0.3 is 5.97 Å². The Morgan fingerprint density at radius 1 is 0.912 bits per heavy atom. The summed E-state index contributed by atoms with van der Waals surface area (Å²) in [6, 6.07) is 11.7. The summed E-state index contributed by atoms with van der Waals surface area (Å²) in [5, 5.41) is 0.288. The summed E-state index contributed by atoms with van der Waals surface area (Å²) in [4.78, 5) is 38.6. The van der Waals surface area contributed by atoms with E-state index in [1.54, 1.807) is 42.5 Å². The zero-order valence-electron chi connectivity index (χ0n) is 18.7. The zero-order chi connectivity index (χ0) is 23.8. The summed E-state index contributed by atoms with van der Waals surface area (Å²) in [7, 11) is 1.48. The second kappa shape index (κ2) is 9.11. The van der Waals surface area contributed by atoms with Crippen molar-refractivity contribution in [3.63, 3.8) is 0 Å². The van der Waals surface area contributed by atoms with Gasteiger partial charge in [0.1, 0.15) is 11.5 Å². The first-order chi connectivity index (χ1) is 16.5. The highest BCUT2D eigenvalue weighted by Crippen LogP contribution is 2.48. The first kappa shape index (κ1) is 22.4. The second-order valence-electron chi connectivity index (χ2n) is 8.54. The molecule has 174 valence electrons. The molecule has 1 aliphatic heterocycles. The lowest BCUT2D eigenvalue weighted by molar-refractivity contribution is -0.117. The number of rotatable bonds is 4. The molecule has 0 amide bonds. The van der Waals surface area contributed by atoms with E-state index in [2.05, 4.69) is 0 Å². The van der Waals surface area contributed by atoms with Gasteiger partial charge in [-0.1, -0.05) is 29.8 Å². The lowest BCUT2D eigenvalue weighted by Gasteiger charge is -2.36. The molecule has 6 nitrogen and oxygen atoms in total. The molecule has 5 rings (SSSR count). The smallest absolute Gasteiger partial charge is 0.345 e.